The molecule has 0 spiro atoms. The molecule has 1 rings (SSSR count). The zero-order chi connectivity index (χ0) is 13.9. The van der Waals surface area contributed by atoms with Crippen molar-refractivity contribution >= 4 is 17.8 Å². The molecule has 0 saturated carbocycles. The van der Waals surface area contributed by atoms with E-state index in [0.717, 1.165) is 0 Å². The maximum Gasteiger partial charge on any atom is 0.326 e. The molecule has 0 bridgehead atoms. The highest BCUT2D eigenvalue weighted by molar-refractivity contribution is 5.91. The van der Waals surface area contributed by atoms with Crippen molar-refractivity contribution in [3.05, 3.63) is 0 Å². The van der Waals surface area contributed by atoms with Crippen LogP contribution in [0.2, 0.25) is 0 Å². The molecule has 6 heteroatoms. The lowest BCUT2D eigenvalue weighted by molar-refractivity contribution is -0.143. The SMILES string of the molecule is CCN1CC(C(=O)NC(C(=O)O)C(C)C)CC1=O. The summed E-state index contributed by atoms with van der Waals surface area (Å²) in [5.41, 5.74) is 0. The Morgan fingerprint density at radius 3 is 2.50 bits per heavy atom. The van der Waals surface area contributed by atoms with Gasteiger partial charge in [0.1, 0.15) is 6.04 Å². The van der Waals surface area contributed by atoms with Crippen LogP contribution in [-0.2, 0) is 14.4 Å². The van der Waals surface area contributed by atoms with Gasteiger partial charge in [-0.2, -0.15) is 0 Å². The molecule has 18 heavy (non-hydrogen) atoms. The van der Waals surface area contributed by atoms with Gasteiger partial charge < -0.3 is 15.3 Å². The maximum atomic E-state index is 11.9. The quantitative estimate of drug-likeness (QED) is 0.729. The van der Waals surface area contributed by atoms with Crippen molar-refractivity contribution in [3.8, 4) is 0 Å². The van der Waals surface area contributed by atoms with Crippen LogP contribution in [0.5, 0.6) is 0 Å². The topological polar surface area (TPSA) is 86.7 Å². The summed E-state index contributed by atoms with van der Waals surface area (Å²) in [6, 6.07) is -0.900. The summed E-state index contributed by atoms with van der Waals surface area (Å²) < 4.78 is 0. The predicted molar refractivity (Wildman–Crippen MR) is 64.8 cm³/mol. The molecule has 1 aliphatic heterocycles. The van der Waals surface area contributed by atoms with Crippen molar-refractivity contribution in [1.82, 2.24) is 10.2 Å². The van der Waals surface area contributed by atoms with Crippen molar-refractivity contribution in [1.29, 1.82) is 0 Å². The van der Waals surface area contributed by atoms with E-state index < -0.39 is 17.9 Å². The van der Waals surface area contributed by atoms with Crippen LogP contribution < -0.4 is 5.32 Å². The van der Waals surface area contributed by atoms with Gasteiger partial charge in [-0.1, -0.05) is 13.8 Å². The molecule has 2 atom stereocenters. The van der Waals surface area contributed by atoms with E-state index in [-0.39, 0.29) is 24.2 Å². The van der Waals surface area contributed by atoms with E-state index in [1.807, 2.05) is 6.92 Å². The second kappa shape index (κ2) is 5.84. The first kappa shape index (κ1) is 14.5. The fourth-order valence-electron chi connectivity index (χ4n) is 2.04. The molecule has 2 amide bonds. The molecule has 0 radical (unpaired) electrons. The lowest BCUT2D eigenvalue weighted by Crippen LogP contribution is -2.47. The number of carbonyl (C=O) groups excluding carboxylic acids is 2. The number of carboxylic acids is 1. The third kappa shape index (κ3) is 3.21. The number of aliphatic carboxylic acids is 1. The molecular formula is C12H20N2O4. The molecule has 0 aromatic carbocycles. The first-order chi connectivity index (χ1) is 8.36. The number of carbonyl (C=O) groups is 3. The Hall–Kier alpha value is -1.59. The van der Waals surface area contributed by atoms with E-state index in [9.17, 15) is 14.4 Å². The van der Waals surface area contributed by atoms with Crippen LogP contribution in [0.25, 0.3) is 0 Å². The van der Waals surface area contributed by atoms with Crippen LogP contribution in [0.3, 0.4) is 0 Å². The second-order valence-corrected chi connectivity index (χ2v) is 4.90. The van der Waals surface area contributed by atoms with Gasteiger partial charge in [0.25, 0.3) is 0 Å². The van der Waals surface area contributed by atoms with Gasteiger partial charge in [0, 0.05) is 19.5 Å². The minimum Gasteiger partial charge on any atom is -0.480 e. The minimum atomic E-state index is -1.05. The lowest BCUT2D eigenvalue weighted by atomic mass is 10.0. The third-order valence-electron chi connectivity index (χ3n) is 3.20. The Balaban J connectivity index is 2.61. The van der Waals surface area contributed by atoms with Gasteiger partial charge in [-0.25, -0.2) is 4.79 Å². The molecule has 1 saturated heterocycles. The van der Waals surface area contributed by atoms with E-state index in [1.165, 1.54) is 0 Å². The smallest absolute Gasteiger partial charge is 0.326 e. The molecule has 2 N–H and O–H groups in total. The van der Waals surface area contributed by atoms with E-state index >= 15 is 0 Å². The fourth-order valence-corrected chi connectivity index (χ4v) is 2.04. The number of nitrogens with zero attached hydrogens (tertiary/aromatic N) is 1. The highest BCUT2D eigenvalue weighted by Crippen LogP contribution is 2.18. The molecule has 0 aliphatic carbocycles. The van der Waals surface area contributed by atoms with Gasteiger partial charge in [-0.15, -0.1) is 0 Å². The molecule has 1 fully saturated rings. The van der Waals surface area contributed by atoms with Gasteiger partial charge in [-0.05, 0) is 12.8 Å². The average molecular weight is 256 g/mol. The zero-order valence-electron chi connectivity index (χ0n) is 11.0. The number of hydrogen-bond acceptors (Lipinski definition) is 3. The lowest BCUT2D eigenvalue weighted by Gasteiger charge is -2.20. The van der Waals surface area contributed by atoms with Gasteiger partial charge in [0.15, 0.2) is 0 Å². The van der Waals surface area contributed by atoms with Gasteiger partial charge in [0.05, 0.1) is 5.92 Å². The van der Waals surface area contributed by atoms with Crippen molar-refractivity contribution in [2.75, 3.05) is 13.1 Å². The normalized spacial score (nSPS) is 21.2. The van der Waals surface area contributed by atoms with Gasteiger partial charge >= 0.3 is 5.97 Å². The summed E-state index contributed by atoms with van der Waals surface area (Å²) in [4.78, 5) is 36.0. The first-order valence-electron chi connectivity index (χ1n) is 6.17. The molecular weight excluding hydrogens is 236 g/mol. The summed E-state index contributed by atoms with van der Waals surface area (Å²) in [6.07, 6.45) is 0.171. The maximum absolute atomic E-state index is 11.9. The number of rotatable bonds is 5. The van der Waals surface area contributed by atoms with Gasteiger partial charge in [-0.3, -0.25) is 9.59 Å². The Labute approximate surface area is 106 Å². The zero-order valence-corrected chi connectivity index (χ0v) is 11.0. The van der Waals surface area contributed by atoms with Crippen LogP contribution in [0.4, 0.5) is 0 Å². The van der Waals surface area contributed by atoms with Crippen LogP contribution in [0, 0.1) is 11.8 Å². The number of amides is 2. The molecule has 102 valence electrons. The van der Waals surface area contributed by atoms with Crippen molar-refractivity contribution < 1.29 is 19.5 Å². The number of likely N-dealkylation sites (tertiary alicyclic amines) is 1. The van der Waals surface area contributed by atoms with E-state index in [2.05, 4.69) is 5.32 Å². The Morgan fingerprint density at radius 2 is 2.11 bits per heavy atom. The highest BCUT2D eigenvalue weighted by Gasteiger charge is 2.35. The van der Waals surface area contributed by atoms with Crippen molar-refractivity contribution in [3.63, 3.8) is 0 Å². The van der Waals surface area contributed by atoms with Gasteiger partial charge in [0.2, 0.25) is 11.8 Å². The van der Waals surface area contributed by atoms with Crippen LogP contribution in [0.1, 0.15) is 27.2 Å². The molecule has 1 heterocycles. The van der Waals surface area contributed by atoms with Crippen molar-refractivity contribution in [2.24, 2.45) is 11.8 Å². The monoisotopic (exact) mass is 256 g/mol. The summed E-state index contributed by atoms with van der Waals surface area (Å²) >= 11 is 0. The first-order valence-corrected chi connectivity index (χ1v) is 6.17. The Morgan fingerprint density at radius 1 is 1.50 bits per heavy atom. The van der Waals surface area contributed by atoms with E-state index in [1.54, 1.807) is 18.7 Å². The average Bonchev–Trinajstić information content (AvgIpc) is 2.66. The Bertz CT molecular complexity index is 354. The molecule has 2 unspecified atom stereocenters. The number of hydrogen-bond donors (Lipinski definition) is 2. The highest BCUT2D eigenvalue weighted by atomic mass is 16.4. The van der Waals surface area contributed by atoms with E-state index in [0.29, 0.717) is 13.1 Å². The number of carboxylic acid groups (broad SMARTS) is 1. The second-order valence-electron chi connectivity index (χ2n) is 4.90. The Kier molecular flexibility index (Phi) is 4.69. The standard InChI is InChI=1S/C12H20N2O4/c1-4-14-6-8(5-9(14)15)11(16)13-10(7(2)3)12(17)18/h7-8,10H,4-6H2,1-3H3,(H,13,16)(H,17,18). The third-order valence-corrected chi connectivity index (χ3v) is 3.20. The predicted octanol–water partition coefficient (Wildman–Crippen LogP) is 0.0802. The van der Waals surface area contributed by atoms with Crippen molar-refractivity contribution in [2.45, 2.75) is 33.2 Å². The summed E-state index contributed by atoms with van der Waals surface area (Å²) in [5.74, 6) is -2.06. The van der Waals surface area contributed by atoms with Crippen LogP contribution in [-0.4, -0.2) is 46.9 Å². The summed E-state index contributed by atoms with van der Waals surface area (Å²) in [7, 11) is 0. The van der Waals surface area contributed by atoms with Crippen LogP contribution in [0.15, 0.2) is 0 Å². The minimum absolute atomic E-state index is 0.0472. The molecule has 1 aliphatic rings. The molecule has 0 aromatic rings. The molecule has 6 nitrogen and oxygen atoms in total. The van der Waals surface area contributed by atoms with Crippen LogP contribution >= 0.6 is 0 Å². The summed E-state index contributed by atoms with van der Waals surface area (Å²) in [5, 5.41) is 11.5. The number of nitrogens with one attached hydrogen (secondary N) is 1. The largest absolute Gasteiger partial charge is 0.480 e. The summed E-state index contributed by atoms with van der Waals surface area (Å²) in [6.45, 7) is 6.28. The molecule has 0 aromatic heterocycles. The van der Waals surface area contributed by atoms with E-state index in [4.69, 9.17) is 5.11 Å². The fraction of sp³-hybridized carbons (Fsp3) is 0.750.